The first-order valence-electron chi connectivity index (χ1n) is 14.2. The second kappa shape index (κ2) is 15.7. The molecule has 3 N–H and O–H groups in total. The number of aromatic nitrogens is 1. The van der Waals surface area contributed by atoms with E-state index in [-0.39, 0.29) is 11.6 Å². The highest BCUT2D eigenvalue weighted by Gasteiger charge is 2.21. The van der Waals surface area contributed by atoms with Crippen LogP contribution in [0.2, 0.25) is 10.0 Å². The lowest BCUT2D eigenvalue weighted by Gasteiger charge is -2.15. The Kier molecular flexibility index (Phi) is 11.3. The number of rotatable bonds is 11. The first-order valence-corrected chi connectivity index (χ1v) is 16.7. The maximum atomic E-state index is 13.6. The van der Waals surface area contributed by atoms with Gasteiger partial charge in [-0.2, -0.15) is 0 Å². The number of thiazole rings is 1. The summed E-state index contributed by atoms with van der Waals surface area (Å²) in [5, 5.41) is 11.2. The van der Waals surface area contributed by atoms with Crippen molar-refractivity contribution in [3.8, 4) is 11.3 Å². The molecule has 5 aromatic rings. The topological polar surface area (TPSA) is 100 Å². The number of carbonyl (C=O) groups excluding carboxylic acids is 3. The molecule has 1 aromatic heterocycles. The highest BCUT2D eigenvalue weighted by atomic mass is 35.5. The Labute approximate surface area is 285 Å². The number of hydrogen-bond acceptors (Lipinski definition) is 6. The summed E-state index contributed by atoms with van der Waals surface area (Å²) in [4.78, 5) is 45.1. The van der Waals surface area contributed by atoms with E-state index < -0.39 is 17.1 Å². The zero-order valence-corrected chi connectivity index (χ0v) is 27.6. The van der Waals surface area contributed by atoms with E-state index in [9.17, 15) is 14.4 Å². The van der Waals surface area contributed by atoms with Crippen molar-refractivity contribution in [3.05, 3.63) is 135 Å². The molecule has 0 fully saturated rings. The molecule has 0 bridgehead atoms. The van der Waals surface area contributed by atoms with Crippen LogP contribution in [0.25, 0.3) is 17.3 Å². The zero-order chi connectivity index (χ0) is 32.5. The first-order chi connectivity index (χ1) is 22.3. The number of carbonyl (C=O) groups is 3. The highest BCUT2D eigenvalue weighted by molar-refractivity contribution is 8.00. The minimum absolute atomic E-state index is 0.0500. The summed E-state index contributed by atoms with van der Waals surface area (Å²) in [5.41, 5.74) is 2.97. The van der Waals surface area contributed by atoms with Gasteiger partial charge in [0.05, 0.1) is 10.9 Å². The third kappa shape index (κ3) is 8.64. The number of amides is 3. The van der Waals surface area contributed by atoms with Gasteiger partial charge in [0, 0.05) is 42.7 Å². The summed E-state index contributed by atoms with van der Waals surface area (Å²) in [7, 11) is 0. The van der Waals surface area contributed by atoms with Crippen molar-refractivity contribution in [1.82, 2.24) is 10.3 Å². The predicted octanol–water partition coefficient (Wildman–Crippen LogP) is 9.04. The van der Waals surface area contributed by atoms with Crippen LogP contribution in [0.15, 0.2) is 119 Å². The van der Waals surface area contributed by atoms with Crippen LogP contribution in [-0.2, 0) is 9.59 Å². The van der Waals surface area contributed by atoms with Crippen molar-refractivity contribution < 1.29 is 14.4 Å². The van der Waals surface area contributed by atoms with Gasteiger partial charge in [-0.25, -0.2) is 4.98 Å². The zero-order valence-electron chi connectivity index (χ0n) is 24.5. The fraction of sp³-hybridized carbons (Fsp3) is 0.0857. The Morgan fingerprint density at radius 3 is 2.24 bits per heavy atom. The molecule has 1 atom stereocenters. The quantitative estimate of drug-likeness (QED) is 0.0951. The van der Waals surface area contributed by atoms with Crippen LogP contribution < -0.4 is 16.0 Å². The van der Waals surface area contributed by atoms with Gasteiger partial charge in [0.2, 0.25) is 5.91 Å². The third-order valence-electron chi connectivity index (χ3n) is 6.65. The van der Waals surface area contributed by atoms with Gasteiger partial charge in [-0.1, -0.05) is 90.8 Å². The average Bonchev–Trinajstić information content (AvgIpc) is 3.54. The van der Waals surface area contributed by atoms with Crippen LogP contribution >= 0.6 is 46.3 Å². The molecule has 0 aliphatic heterocycles. The number of nitrogens with one attached hydrogen (secondary N) is 3. The molecule has 0 saturated carbocycles. The maximum absolute atomic E-state index is 13.6. The molecule has 4 aromatic carbocycles. The normalized spacial score (nSPS) is 11.8. The van der Waals surface area contributed by atoms with Crippen LogP contribution in [0.4, 0.5) is 10.8 Å². The minimum Gasteiger partial charge on any atom is -0.321 e. The molecule has 5 rings (SSSR count). The molecule has 0 aliphatic carbocycles. The van der Waals surface area contributed by atoms with E-state index in [2.05, 4.69) is 20.9 Å². The molecule has 1 heterocycles. The van der Waals surface area contributed by atoms with Gasteiger partial charge < -0.3 is 16.0 Å². The van der Waals surface area contributed by atoms with E-state index >= 15 is 0 Å². The first kappa shape index (κ1) is 33.0. The molecule has 0 aliphatic rings. The third-order valence-corrected chi connectivity index (χ3v) is 9.43. The fourth-order valence-electron chi connectivity index (χ4n) is 4.33. The minimum atomic E-state index is -0.579. The van der Waals surface area contributed by atoms with Crippen molar-refractivity contribution in [2.45, 2.75) is 23.5 Å². The van der Waals surface area contributed by atoms with Gasteiger partial charge >= 0.3 is 0 Å². The van der Waals surface area contributed by atoms with E-state index in [0.29, 0.717) is 38.4 Å². The highest BCUT2D eigenvalue weighted by Crippen LogP contribution is 2.31. The van der Waals surface area contributed by atoms with Gasteiger partial charge in [0.25, 0.3) is 11.8 Å². The van der Waals surface area contributed by atoms with Crippen molar-refractivity contribution in [2.75, 3.05) is 10.6 Å². The molecule has 232 valence electrons. The van der Waals surface area contributed by atoms with Gasteiger partial charge in [0.1, 0.15) is 5.70 Å². The molecule has 11 heteroatoms. The van der Waals surface area contributed by atoms with Crippen molar-refractivity contribution in [1.29, 1.82) is 0 Å². The summed E-state index contributed by atoms with van der Waals surface area (Å²) in [5.74, 6) is -1.21. The smallest absolute Gasteiger partial charge is 0.272 e. The molecular weight excluding hydrogens is 659 g/mol. The molecule has 3 amide bonds. The number of nitrogens with zero attached hydrogens (tertiary/aromatic N) is 1. The van der Waals surface area contributed by atoms with Crippen molar-refractivity contribution in [3.63, 3.8) is 0 Å². The van der Waals surface area contributed by atoms with Crippen LogP contribution in [-0.4, -0.2) is 28.0 Å². The van der Waals surface area contributed by atoms with E-state index in [4.69, 9.17) is 23.2 Å². The van der Waals surface area contributed by atoms with E-state index in [1.807, 2.05) is 48.7 Å². The molecule has 0 spiro atoms. The summed E-state index contributed by atoms with van der Waals surface area (Å²) in [6, 6.07) is 30.4. The van der Waals surface area contributed by atoms with Crippen molar-refractivity contribution in [2.24, 2.45) is 0 Å². The lowest BCUT2D eigenvalue weighted by atomic mass is 10.1. The summed E-state index contributed by atoms with van der Waals surface area (Å²) >= 11 is 15.5. The maximum Gasteiger partial charge on any atom is 0.272 e. The lowest BCUT2D eigenvalue weighted by molar-refractivity contribution is -0.116. The number of hydrogen-bond donors (Lipinski definition) is 3. The standard InChI is InChI=1S/C35H28Cl2N4O3S2/c1-2-31(34(44)41-35-40-30(21-45-35)22-11-5-3-6-12-22)46-25-16-9-15-24(19-25)38-33(43)29(20-26-27(36)17-10-18-28(26)37)39-32(42)23-13-7-4-8-14-23/h3-21,31H,2H2,1H3,(H,38,43)(H,39,42)(H,40,41,44)/b29-20+. The van der Waals surface area contributed by atoms with Crippen LogP contribution in [0.3, 0.4) is 0 Å². The lowest BCUT2D eigenvalue weighted by Crippen LogP contribution is -2.30. The molecule has 0 saturated heterocycles. The molecular formula is C35H28Cl2N4O3S2. The largest absolute Gasteiger partial charge is 0.321 e. The Hall–Kier alpha value is -4.41. The molecule has 1 unspecified atom stereocenters. The number of anilines is 2. The van der Waals surface area contributed by atoms with E-state index in [1.165, 1.54) is 29.2 Å². The number of halogens is 2. The van der Waals surface area contributed by atoms with Gasteiger partial charge in [0.15, 0.2) is 5.13 Å². The van der Waals surface area contributed by atoms with Crippen LogP contribution in [0, 0.1) is 0 Å². The predicted molar refractivity (Wildman–Crippen MR) is 190 cm³/mol. The van der Waals surface area contributed by atoms with Gasteiger partial charge in [-0.15, -0.1) is 23.1 Å². The Balaban J connectivity index is 1.30. The summed E-state index contributed by atoms with van der Waals surface area (Å²) < 4.78 is 0. The molecule has 7 nitrogen and oxygen atoms in total. The second-order valence-corrected chi connectivity index (χ2v) is 12.9. The Morgan fingerprint density at radius 2 is 1.54 bits per heavy atom. The number of benzene rings is 4. The average molecular weight is 688 g/mol. The monoisotopic (exact) mass is 686 g/mol. The SMILES string of the molecule is CCC(Sc1cccc(NC(=O)/C(=C\c2c(Cl)cccc2Cl)NC(=O)c2ccccc2)c1)C(=O)Nc1nc(-c2ccccc2)cs1. The summed E-state index contributed by atoms with van der Waals surface area (Å²) in [6.45, 7) is 1.94. The second-order valence-electron chi connectivity index (χ2n) is 9.90. The van der Waals surface area contributed by atoms with E-state index in [1.54, 1.807) is 66.7 Å². The fourth-order valence-corrected chi connectivity index (χ4v) is 6.57. The molecule has 46 heavy (non-hydrogen) atoms. The number of thioether (sulfide) groups is 1. The Morgan fingerprint density at radius 1 is 0.870 bits per heavy atom. The van der Waals surface area contributed by atoms with Crippen molar-refractivity contribution >= 4 is 80.9 Å². The van der Waals surface area contributed by atoms with E-state index in [0.717, 1.165) is 16.2 Å². The van der Waals surface area contributed by atoms with Crippen LogP contribution in [0.5, 0.6) is 0 Å². The Bertz CT molecular complexity index is 1860. The van der Waals surface area contributed by atoms with Gasteiger partial charge in [-0.05, 0) is 55.0 Å². The summed E-state index contributed by atoms with van der Waals surface area (Å²) in [6.07, 6.45) is 2.01. The van der Waals surface area contributed by atoms with Gasteiger partial charge in [-0.3, -0.25) is 14.4 Å². The van der Waals surface area contributed by atoms with Crippen LogP contribution in [0.1, 0.15) is 29.3 Å². The molecule has 0 radical (unpaired) electrons.